The molecule has 1 N–H and O–H groups in total. The van der Waals surface area contributed by atoms with Crippen molar-refractivity contribution in [1.82, 2.24) is 10.3 Å². The molecule has 5 rings (SSSR count). The number of nitrogens with one attached hydrogen (secondary N) is 1. The van der Waals surface area contributed by atoms with E-state index in [4.69, 9.17) is 4.74 Å². The van der Waals surface area contributed by atoms with Gasteiger partial charge < -0.3 is 15.0 Å². The van der Waals surface area contributed by atoms with Crippen molar-refractivity contribution in [2.45, 2.75) is 77.5 Å². The molecule has 38 heavy (non-hydrogen) atoms. The summed E-state index contributed by atoms with van der Waals surface area (Å²) in [4.78, 5) is 33.1. The molecule has 3 atom stereocenters. The SMILES string of the molecule is Cc1cccc(CN(C(=O)[C@@H]2C[C@@H]2c2ccccc2)c2ccc3c(c2)C(NC(=O)OC(C)(C)C)CCC3)n1. The van der Waals surface area contributed by atoms with Gasteiger partial charge in [0.2, 0.25) is 5.91 Å². The third kappa shape index (κ3) is 6.07. The van der Waals surface area contributed by atoms with E-state index in [1.165, 1.54) is 11.1 Å². The number of fused-ring (bicyclic) bond motifs is 1. The van der Waals surface area contributed by atoms with Gasteiger partial charge >= 0.3 is 6.09 Å². The maximum absolute atomic E-state index is 14.0. The first-order valence-corrected chi connectivity index (χ1v) is 13.6. The number of hydrogen-bond acceptors (Lipinski definition) is 4. The molecule has 1 fully saturated rings. The molecule has 2 aromatic carbocycles. The molecule has 1 heterocycles. The Balaban J connectivity index is 1.44. The minimum atomic E-state index is -0.562. The van der Waals surface area contributed by atoms with Crippen molar-refractivity contribution in [3.05, 3.63) is 94.8 Å². The molecule has 2 aliphatic rings. The number of carbonyl (C=O) groups excluding carboxylic acids is 2. The Morgan fingerprint density at radius 1 is 1.05 bits per heavy atom. The van der Waals surface area contributed by atoms with E-state index in [0.717, 1.165) is 48.3 Å². The largest absolute Gasteiger partial charge is 0.444 e. The number of nitrogens with zero attached hydrogens (tertiary/aromatic N) is 2. The third-order valence-electron chi connectivity index (χ3n) is 7.31. The second-order valence-corrected chi connectivity index (χ2v) is 11.5. The highest BCUT2D eigenvalue weighted by atomic mass is 16.6. The number of hydrogen-bond donors (Lipinski definition) is 1. The average Bonchev–Trinajstić information content (AvgIpc) is 3.68. The number of aryl methyl sites for hydroxylation is 2. The van der Waals surface area contributed by atoms with Crippen LogP contribution in [-0.4, -0.2) is 22.6 Å². The molecule has 3 aromatic rings. The second kappa shape index (κ2) is 10.6. The van der Waals surface area contributed by atoms with Gasteiger partial charge in [-0.15, -0.1) is 0 Å². The predicted octanol–water partition coefficient (Wildman–Crippen LogP) is 6.63. The highest BCUT2D eigenvalue weighted by Crippen LogP contribution is 2.49. The zero-order valence-corrected chi connectivity index (χ0v) is 22.7. The van der Waals surface area contributed by atoms with Gasteiger partial charge in [-0.3, -0.25) is 9.78 Å². The Morgan fingerprint density at radius 3 is 2.58 bits per heavy atom. The number of amides is 2. The molecule has 0 aliphatic heterocycles. The smallest absolute Gasteiger partial charge is 0.408 e. The maximum Gasteiger partial charge on any atom is 0.408 e. The minimum absolute atomic E-state index is 0.0473. The minimum Gasteiger partial charge on any atom is -0.444 e. The van der Waals surface area contributed by atoms with Crippen LogP contribution in [0, 0.1) is 12.8 Å². The van der Waals surface area contributed by atoms with Crippen LogP contribution in [-0.2, 0) is 22.5 Å². The third-order valence-corrected chi connectivity index (χ3v) is 7.31. The van der Waals surface area contributed by atoms with Crippen LogP contribution in [0.4, 0.5) is 10.5 Å². The zero-order valence-electron chi connectivity index (χ0n) is 22.7. The molecule has 0 bridgehead atoms. The van der Waals surface area contributed by atoms with E-state index in [1.807, 2.05) is 75.1 Å². The van der Waals surface area contributed by atoms with Gasteiger partial charge in [-0.2, -0.15) is 0 Å². The first kappa shape index (κ1) is 26.0. The van der Waals surface area contributed by atoms with Crippen LogP contribution < -0.4 is 10.2 Å². The summed E-state index contributed by atoms with van der Waals surface area (Å²) >= 11 is 0. The van der Waals surface area contributed by atoms with Gasteiger partial charge in [-0.1, -0.05) is 42.5 Å². The lowest BCUT2D eigenvalue weighted by atomic mass is 9.87. The van der Waals surface area contributed by atoms with Gasteiger partial charge in [0, 0.05) is 17.3 Å². The lowest BCUT2D eigenvalue weighted by molar-refractivity contribution is -0.120. The fourth-order valence-electron chi connectivity index (χ4n) is 5.44. The molecular weight excluding hydrogens is 474 g/mol. The Bertz CT molecular complexity index is 1320. The lowest BCUT2D eigenvalue weighted by Crippen LogP contribution is -2.36. The topological polar surface area (TPSA) is 71.5 Å². The van der Waals surface area contributed by atoms with Crippen molar-refractivity contribution in [1.29, 1.82) is 0 Å². The second-order valence-electron chi connectivity index (χ2n) is 11.5. The number of aromatic nitrogens is 1. The standard InChI is InChI=1S/C32H37N3O3/c1-21-10-8-14-24(33-21)20-35(30(36)28-19-26(28)22-11-6-5-7-12-22)25-17-16-23-13-9-15-29(27(23)18-25)34-31(37)38-32(2,3)4/h5-8,10-12,14,16-18,26,28-29H,9,13,15,19-20H2,1-4H3,(H,34,37)/t26-,28-,29?/m1/s1. The van der Waals surface area contributed by atoms with E-state index in [9.17, 15) is 9.59 Å². The fraction of sp³-hybridized carbons (Fsp3) is 0.406. The Morgan fingerprint density at radius 2 is 1.84 bits per heavy atom. The van der Waals surface area contributed by atoms with Crippen molar-refractivity contribution in [3.8, 4) is 0 Å². The molecule has 6 heteroatoms. The first-order valence-electron chi connectivity index (χ1n) is 13.6. The molecule has 6 nitrogen and oxygen atoms in total. The van der Waals surface area contributed by atoms with Crippen molar-refractivity contribution in [3.63, 3.8) is 0 Å². The van der Waals surface area contributed by atoms with Crippen molar-refractivity contribution >= 4 is 17.7 Å². The molecule has 1 unspecified atom stereocenters. The predicted molar refractivity (Wildman–Crippen MR) is 149 cm³/mol. The summed E-state index contributed by atoms with van der Waals surface area (Å²) in [5.41, 5.74) is 5.54. The summed E-state index contributed by atoms with van der Waals surface area (Å²) in [6, 6.07) is 22.3. The number of ether oxygens (including phenoxy) is 1. The summed E-state index contributed by atoms with van der Waals surface area (Å²) in [7, 11) is 0. The maximum atomic E-state index is 14.0. The van der Waals surface area contributed by atoms with Crippen LogP contribution in [0.15, 0.2) is 66.7 Å². The van der Waals surface area contributed by atoms with Crippen molar-refractivity contribution in [2.24, 2.45) is 5.92 Å². The normalized spacial score (nSPS) is 20.3. The van der Waals surface area contributed by atoms with Gasteiger partial charge in [0.1, 0.15) is 5.60 Å². The van der Waals surface area contributed by atoms with Crippen LogP contribution in [0.2, 0.25) is 0 Å². The van der Waals surface area contributed by atoms with E-state index < -0.39 is 11.7 Å². The van der Waals surface area contributed by atoms with Gasteiger partial charge in [0.05, 0.1) is 18.3 Å². The molecule has 1 aromatic heterocycles. The quantitative estimate of drug-likeness (QED) is 0.403. The molecule has 2 aliphatic carbocycles. The summed E-state index contributed by atoms with van der Waals surface area (Å²) in [6.45, 7) is 7.96. The van der Waals surface area contributed by atoms with Crippen molar-refractivity contribution < 1.29 is 14.3 Å². The average molecular weight is 512 g/mol. The molecule has 0 spiro atoms. The van der Waals surface area contributed by atoms with Gasteiger partial charge in [0.15, 0.2) is 0 Å². The zero-order chi connectivity index (χ0) is 26.9. The van der Waals surface area contributed by atoms with E-state index >= 15 is 0 Å². The number of rotatable bonds is 6. The first-order chi connectivity index (χ1) is 18.2. The van der Waals surface area contributed by atoms with E-state index in [-0.39, 0.29) is 23.8 Å². The van der Waals surface area contributed by atoms with E-state index in [2.05, 4.69) is 34.6 Å². The van der Waals surface area contributed by atoms with Crippen LogP contribution in [0.25, 0.3) is 0 Å². The van der Waals surface area contributed by atoms with Crippen LogP contribution in [0.5, 0.6) is 0 Å². The summed E-state index contributed by atoms with van der Waals surface area (Å²) < 4.78 is 5.53. The Labute approximate surface area is 225 Å². The molecule has 0 radical (unpaired) electrons. The highest BCUT2D eigenvalue weighted by Gasteiger charge is 2.46. The van der Waals surface area contributed by atoms with Gasteiger partial charge in [0.25, 0.3) is 0 Å². The van der Waals surface area contributed by atoms with Gasteiger partial charge in [-0.25, -0.2) is 4.79 Å². The number of pyridine rings is 1. The van der Waals surface area contributed by atoms with Crippen molar-refractivity contribution in [2.75, 3.05) is 4.90 Å². The van der Waals surface area contributed by atoms with E-state index in [0.29, 0.717) is 6.54 Å². The summed E-state index contributed by atoms with van der Waals surface area (Å²) in [6.07, 6.45) is 3.22. The molecule has 1 saturated carbocycles. The molecular formula is C32H37N3O3. The van der Waals surface area contributed by atoms with Gasteiger partial charge in [-0.05, 0) is 100 Å². The molecule has 198 valence electrons. The van der Waals surface area contributed by atoms with Crippen LogP contribution >= 0.6 is 0 Å². The number of anilines is 1. The summed E-state index contributed by atoms with van der Waals surface area (Å²) in [5.74, 6) is 0.319. The fourth-order valence-corrected chi connectivity index (χ4v) is 5.44. The van der Waals surface area contributed by atoms with E-state index in [1.54, 1.807) is 0 Å². The Hall–Kier alpha value is -3.67. The number of alkyl carbamates (subject to hydrolysis) is 1. The molecule has 2 amide bonds. The summed E-state index contributed by atoms with van der Waals surface area (Å²) in [5, 5.41) is 3.07. The molecule has 0 saturated heterocycles. The Kier molecular flexibility index (Phi) is 7.24. The van der Waals surface area contributed by atoms with Crippen LogP contribution in [0.3, 0.4) is 0 Å². The number of benzene rings is 2. The monoisotopic (exact) mass is 511 g/mol. The highest BCUT2D eigenvalue weighted by molar-refractivity contribution is 5.97. The van der Waals surface area contributed by atoms with Crippen LogP contribution in [0.1, 0.15) is 80.1 Å². The number of carbonyl (C=O) groups is 2. The lowest BCUT2D eigenvalue weighted by Gasteiger charge is -2.30.